The summed E-state index contributed by atoms with van der Waals surface area (Å²) in [6.45, 7) is 1.59. The lowest BCUT2D eigenvalue weighted by Gasteiger charge is -2.22. The minimum atomic E-state index is 0.128. The molecule has 1 N–H and O–H groups in total. The van der Waals surface area contributed by atoms with Gasteiger partial charge in [0.15, 0.2) is 0 Å². The molecule has 3 rings (SSSR count). The molecule has 0 radical (unpaired) electrons. The van der Waals surface area contributed by atoms with Gasteiger partial charge in [0.25, 0.3) is 0 Å². The molecule has 0 saturated carbocycles. The average Bonchev–Trinajstić information content (AvgIpc) is 3.25. The van der Waals surface area contributed by atoms with Gasteiger partial charge < -0.3 is 19.2 Å². The van der Waals surface area contributed by atoms with Crippen molar-refractivity contribution in [1.82, 2.24) is 14.8 Å². The van der Waals surface area contributed by atoms with E-state index in [1.165, 1.54) is 0 Å². The zero-order chi connectivity index (χ0) is 16.9. The molecule has 1 atom stereocenters. The zero-order valence-corrected chi connectivity index (χ0v) is 15.7. The maximum atomic E-state index is 12.1. The summed E-state index contributed by atoms with van der Waals surface area (Å²) in [5, 5.41) is 0.128. The molecule has 0 bridgehead atoms. The summed E-state index contributed by atoms with van der Waals surface area (Å²) in [5.74, 6) is 4.54. The van der Waals surface area contributed by atoms with Crippen LogP contribution in [0.15, 0.2) is 34.9 Å². The van der Waals surface area contributed by atoms with Crippen molar-refractivity contribution >= 4 is 29.4 Å². The summed E-state index contributed by atoms with van der Waals surface area (Å²) in [5.41, 5.74) is 1.11. The molecule has 24 heavy (non-hydrogen) atoms. The first-order valence-corrected chi connectivity index (χ1v) is 10.2. The van der Waals surface area contributed by atoms with Gasteiger partial charge in [-0.1, -0.05) is 0 Å². The second-order valence-corrected chi connectivity index (χ2v) is 8.21. The van der Waals surface area contributed by atoms with Crippen molar-refractivity contribution in [3.8, 4) is 0 Å². The number of furan rings is 1. The van der Waals surface area contributed by atoms with Crippen LogP contribution in [0.3, 0.4) is 0 Å². The maximum absolute atomic E-state index is 12.1. The largest absolute Gasteiger partial charge is 0.464 e. The Labute approximate surface area is 151 Å². The highest BCUT2D eigenvalue weighted by atomic mass is 32.2. The van der Waals surface area contributed by atoms with E-state index in [-0.39, 0.29) is 11.3 Å². The van der Waals surface area contributed by atoms with E-state index in [0.717, 1.165) is 41.8 Å². The van der Waals surface area contributed by atoms with Gasteiger partial charge in [0, 0.05) is 24.2 Å². The lowest BCUT2D eigenvalue weighted by atomic mass is 10.3. The summed E-state index contributed by atoms with van der Waals surface area (Å²) in [6, 6.07) is 8.11. The van der Waals surface area contributed by atoms with Crippen LogP contribution in [-0.2, 0) is 17.1 Å². The maximum Gasteiger partial charge on any atom is 0.233 e. The van der Waals surface area contributed by atoms with Crippen LogP contribution < -0.4 is 0 Å². The molecular formula is C17H23N3O2S2. The van der Waals surface area contributed by atoms with Crippen LogP contribution in [0.2, 0.25) is 0 Å². The summed E-state index contributed by atoms with van der Waals surface area (Å²) in [4.78, 5) is 19.4. The Morgan fingerprint density at radius 1 is 1.38 bits per heavy atom. The van der Waals surface area contributed by atoms with E-state index in [1.807, 2.05) is 49.5 Å². The predicted molar refractivity (Wildman–Crippen MR) is 100.0 cm³/mol. The topological polar surface area (TPSA) is 52.5 Å². The molecule has 1 unspecified atom stereocenters. The van der Waals surface area contributed by atoms with Crippen molar-refractivity contribution in [1.29, 1.82) is 0 Å². The summed E-state index contributed by atoms with van der Waals surface area (Å²) in [7, 11) is 4.06. The van der Waals surface area contributed by atoms with Gasteiger partial charge in [-0.25, -0.2) is 0 Å². The van der Waals surface area contributed by atoms with E-state index in [2.05, 4.69) is 9.88 Å². The fourth-order valence-electron chi connectivity index (χ4n) is 2.68. The van der Waals surface area contributed by atoms with Crippen LogP contribution in [0.1, 0.15) is 22.6 Å². The molecule has 3 heterocycles. The Kier molecular flexibility index (Phi) is 5.97. The first kappa shape index (κ1) is 17.5. The highest BCUT2D eigenvalue weighted by Crippen LogP contribution is 2.37. The molecule has 5 nitrogen and oxygen atoms in total. The Balaban J connectivity index is 1.45. The fraction of sp³-hybridized carbons (Fsp3) is 0.471. The minimum Gasteiger partial charge on any atom is -0.464 e. The van der Waals surface area contributed by atoms with Crippen LogP contribution in [0, 0.1) is 0 Å². The molecule has 130 valence electrons. The van der Waals surface area contributed by atoms with Crippen LogP contribution in [0.5, 0.6) is 0 Å². The van der Waals surface area contributed by atoms with Crippen LogP contribution in [-0.4, -0.2) is 52.8 Å². The normalized spacial score (nSPS) is 18.0. The third-order valence-electron chi connectivity index (χ3n) is 3.77. The number of aromatic amines is 1. The first-order chi connectivity index (χ1) is 11.6. The van der Waals surface area contributed by atoms with Crippen LogP contribution >= 0.6 is 23.5 Å². The number of carbonyl (C=O) groups excluding carboxylic acids is 1. The highest BCUT2D eigenvalue weighted by Gasteiger charge is 2.32. The van der Waals surface area contributed by atoms with Crippen molar-refractivity contribution in [2.45, 2.75) is 17.7 Å². The van der Waals surface area contributed by atoms with Gasteiger partial charge in [0.05, 0.1) is 18.1 Å². The van der Waals surface area contributed by atoms with Gasteiger partial charge >= 0.3 is 0 Å². The van der Waals surface area contributed by atoms with Crippen molar-refractivity contribution in [3.05, 3.63) is 47.7 Å². The molecular weight excluding hydrogens is 342 g/mol. The van der Waals surface area contributed by atoms with Crippen molar-refractivity contribution in [2.24, 2.45) is 0 Å². The van der Waals surface area contributed by atoms with Gasteiger partial charge in [0.1, 0.15) is 16.9 Å². The molecule has 0 spiro atoms. The van der Waals surface area contributed by atoms with E-state index in [4.69, 9.17) is 4.42 Å². The SMILES string of the molecule is CN(C)Cc1ccc(CSCCN2C(=O)CSC2c2ccc[nH]2)o1. The number of carbonyl (C=O) groups is 1. The molecule has 1 aliphatic heterocycles. The molecule has 2 aromatic rings. The summed E-state index contributed by atoms with van der Waals surface area (Å²) in [6.07, 6.45) is 1.91. The number of nitrogens with zero attached hydrogens (tertiary/aromatic N) is 2. The smallest absolute Gasteiger partial charge is 0.233 e. The lowest BCUT2D eigenvalue weighted by molar-refractivity contribution is -0.127. The number of hydrogen-bond donors (Lipinski definition) is 1. The van der Waals surface area contributed by atoms with Gasteiger partial charge in [0.2, 0.25) is 5.91 Å². The molecule has 1 aliphatic rings. The van der Waals surface area contributed by atoms with Crippen LogP contribution in [0.25, 0.3) is 0 Å². The second kappa shape index (κ2) is 8.18. The van der Waals surface area contributed by atoms with Gasteiger partial charge in [-0.05, 0) is 38.4 Å². The first-order valence-electron chi connectivity index (χ1n) is 7.98. The molecule has 2 aromatic heterocycles. The van der Waals surface area contributed by atoms with E-state index >= 15 is 0 Å². The molecule has 0 aromatic carbocycles. The number of amides is 1. The Morgan fingerprint density at radius 2 is 2.21 bits per heavy atom. The van der Waals surface area contributed by atoms with E-state index in [0.29, 0.717) is 5.75 Å². The molecule has 1 saturated heterocycles. The van der Waals surface area contributed by atoms with Gasteiger partial charge in [-0.15, -0.1) is 11.8 Å². The quantitative estimate of drug-likeness (QED) is 0.728. The summed E-state index contributed by atoms with van der Waals surface area (Å²) >= 11 is 3.50. The van der Waals surface area contributed by atoms with Crippen LogP contribution in [0.4, 0.5) is 0 Å². The van der Waals surface area contributed by atoms with Crippen molar-refractivity contribution in [2.75, 3.05) is 32.1 Å². The number of hydrogen-bond acceptors (Lipinski definition) is 5. The number of aromatic nitrogens is 1. The highest BCUT2D eigenvalue weighted by molar-refractivity contribution is 8.00. The van der Waals surface area contributed by atoms with E-state index in [1.54, 1.807) is 23.5 Å². The second-order valence-electron chi connectivity index (χ2n) is 6.03. The fourth-order valence-corrected chi connectivity index (χ4v) is 4.71. The Morgan fingerprint density at radius 3 is 2.96 bits per heavy atom. The van der Waals surface area contributed by atoms with E-state index < -0.39 is 0 Å². The number of rotatable bonds is 8. The lowest BCUT2D eigenvalue weighted by Crippen LogP contribution is -2.30. The third kappa shape index (κ3) is 4.40. The monoisotopic (exact) mass is 365 g/mol. The average molecular weight is 366 g/mol. The summed E-state index contributed by atoms with van der Waals surface area (Å²) < 4.78 is 5.82. The number of thioether (sulfide) groups is 2. The van der Waals surface area contributed by atoms with Crippen molar-refractivity contribution < 1.29 is 9.21 Å². The van der Waals surface area contributed by atoms with E-state index in [9.17, 15) is 4.79 Å². The van der Waals surface area contributed by atoms with Gasteiger partial charge in [-0.3, -0.25) is 4.79 Å². The molecule has 0 aliphatic carbocycles. The molecule has 1 amide bonds. The predicted octanol–water partition coefficient (Wildman–Crippen LogP) is 3.18. The van der Waals surface area contributed by atoms with Gasteiger partial charge in [-0.2, -0.15) is 11.8 Å². The molecule has 7 heteroatoms. The number of nitrogens with one attached hydrogen (secondary N) is 1. The number of H-pyrrole nitrogens is 1. The minimum absolute atomic E-state index is 0.128. The van der Waals surface area contributed by atoms with Crippen molar-refractivity contribution in [3.63, 3.8) is 0 Å². The Bertz CT molecular complexity index is 655. The Hall–Kier alpha value is -1.31. The zero-order valence-electron chi connectivity index (χ0n) is 14.0. The third-order valence-corrected chi connectivity index (χ3v) is 5.96. The standard InChI is InChI=1S/C17H23N3O2S2/c1-19(2)10-13-5-6-14(22-13)11-23-9-8-20-16(21)12-24-17(20)15-4-3-7-18-15/h3-7,17-18H,8-12H2,1-2H3. The molecule has 1 fully saturated rings.